The van der Waals surface area contributed by atoms with E-state index < -0.39 is 0 Å². The Hall–Kier alpha value is -0.290. The van der Waals surface area contributed by atoms with Crippen LogP contribution in [0.2, 0.25) is 0 Å². The number of halogens is 1. The second-order valence-corrected chi connectivity index (χ2v) is 3.55. The van der Waals surface area contributed by atoms with Crippen molar-refractivity contribution >= 4 is 22.0 Å². The minimum Gasteiger partial charge on any atom is -0.449 e. The van der Waals surface area contributed by atoms with Crippen LogP contribution >= 0.6 is 15.9 Å². The van der Waals surface area contributed by atoms with Gasteiger partial charge in [-0.3, -0.25) is 0 Å². The van der Waals surface area contributed by atoms with Crippen molar-refractivity contribution in [1.29, 1.82) is 0 Å². The highest BCUT2D eigenvalue weighted by molar-refractivity contribution is 9.09. The molecule has 4 nitrogen and oxygen atoms in total. The van der Waals surface area contributed by atoms with Crippen molar-refractivity contribution in [1.82, 2.24) is 4.90 Å². The number of ether oxygens (including phenoxy) is 2. The van der Waals surface area contributed by atoms with E-state index in [1.165, 1.54) is 0 Å². The molecule has 1 saturated heterocycles. The van der Waals surface area contributed by atoms with E-state index >= 15 is 0 Å². The van der Waals surface area contributed by atoms with Gasteiger partial charge in [0.05, 0.1) is 19.8 Å². The molecular weight excluding hydrogens is 238 g/mol. The van der Waals surface area contributed by atoms with Crippen molar-refractivity contribution in [3.8, 4) is 0 Å². The summed E-state index contributed by atoms with van der Waals surface area (Å²) in [6.45, 7) is 3.02. The molecule has 1 rings (SSSR count). The second kappa shape index (κ2) is 6.21. The highest BCUT2D eigenvalue weighted by atomic mass is 79.9. The Labute approximate surface area is 86.3 Å². The molecule has 76 valence electrons. The lowest BCUT2D eigenvalue weighted by Gasteiger charge is -2.25. The van der Waals surface area contributed by atoms with Crippen molar-refractivity contribution in [3.05, 3.63) is 0 Å². The number of hydrogen-bond acceptors (Lipinski definition) is 3. The van der Waals surface area contributed by atoms with Gasteiger partial charge >= 0.3 is 6.09 Å². The molecule has 13 heavy (non-hydrogen) atoms. The number of morpholine rings is 1. The van der Waals surface area contributed by atoms with Crippen LogP contribution in [0, 0.1) is 0 Å². The summed E-state index contributed by atoms with van der Waals surface area (Å²) in [4.78, 5) is 13.0. The molecule has 1 fully saturated rings. The fourth-order valence-corrected chi connectivity index (χ4v) is 1.28. The van der Waals surface area contributed by atoms with Gasteiger partial charge in [-0.05, 0) is 6.42 Å². The molecule has 0 bridgehead atoms. The zero-order valence-electron chi connectivity index (χ0n) is 7.50. The summed E-state index contributed by atoms with van der Waals surface area (Å²) in [5.74, 6) is 0. The highest BCUT2D eigenvalue weighted by Crippen LogP contribution is 2.00. The first-order valence-electron chi connectivity index (χ1n) is 4.40. The lowest BCUT2D eigenvalue weighted by Crippen LogP contribution is -2.41. The lowest BCUT2D eigenvalue weighted by atomic mass is 10.4. The molecule has 1 heterocycles. The van der Waals surface area contributed by atoms with E-state index in [0.717, 1.165) is 11.8 Å². The molecule has 5 heteroatoms. The van der Waals surface area contributed by atoms with Crippen LogP contribution in [0.3, 0.4) is 0 Å². The molecular formula is C8H14BrNO3. The van der Waals surface area contributed by atoms with Gasteiger partial charge in [-0.2, -0.15) is 0 Å². The van der Waals surface area contributed by atoms with Crippen molar-refractivity contribution in [3.63, 3.8) is 0 Å². The third kappa shape index (κ3) is 3.95. The Kier molecular flexibility index (Phi) is 5.15. The molecule has 0 spiro atoms. The summed E-state index contributed by atoms with van der Waals surface area (Å²) in [5, 5.41) is 0.864. The van der Waals surface area contributed by atoms with Gasteiger partial charge in [-0.15, -0.1) is 0 Å². The molecule has 0 radical (unpaired) electrons. The van der Waals surface area contributed by atoms with Crippen molar-refractivity contribution in [2.75, 3.05) is 38.2 Å². The minimum atomic E-state index is -0.218. The fourth-order valence-electron chi connectivity index (χ4n) is 1.05. The molecule has 0 N–H and O–H groups in total. The number of alkyl halides is 1. The Bertz CT molecular complexity index is 159. The number of rotatable bonds is 3. The first-order chi connectivity index (χ1) is 6.34. The maximum Gasteiger partial charge on any atom is 0.409 e. The highest BCUT2D eigenvalue weighted by Gasteiger charge is 2.17. The van der Waals surface area contributed by atoms with E-state index in [0.29, 0.717) is 32.9 Å². The second-order valence-electron chi connectivity index (χ2n) is 2.76. The molecule has 0 aromatic heterocycles. The number of carbonyl (C=O) groups is 1. The predicted molar refractivity (Wildman–Crippen MR) is 52.2 cm³/mol. The van der Waals surface area contributed by atoms with Crippen molar-refractivity contribution in [2.24, 2.45) is 0 Å². The maximum atomic E-state index is 11.3. The van der Waals surface area contributed by atoms with Crippen LogP contribution in [-0.2, 0) is 9.47 Å². The van der Waals surface area contributed by atoms with Gasteiger partial charge in [0.25, 0.3) is 0 Å². The average Bonchev–Trinajstić information content (AvgIpc) is 2.19. The maximum absolute atomic E-state index is 11.3. The number of nitrogens with zero attached hydrogens (tertiary/aromatic N) is 1. The van der Waals surface area contributed by atoms with Crippen molar-refractivity contribution in [2.45, 2.75) is 6.42 Å². The lowest BCUT2D eigenvalue weighted by molar-refractivity contribution is 0.0273. The molecule has 1 aliphatic rings. The van der Waals surface area contributed by atoms with Crippen LogP contribution in [0.1, 0.15) is 6.42 Å². The summed E-state index contributed by atoms with van der Waals surface area (Å²) in [6.07, 6.45) is 0.639. The Morgan fingerprint density at radius 2 is 2.15 bits per heavy atom. The van der Waals surface area contributed by atoms with Crippen molar-refractivity contribution < 1.29 is 14.3 Å². The van der Waals surface area contributed by atoms with Gasteiger partial charge in [0, 0.05) is 18.4 Å². The Morgan fingerprint density at radius 3 is 2.77 bits per heavy atom. The molecule has 0 saturated carbocycles. The number of amides is 1. The standard InChI is InChI=1S/C8H14BrNO3/c9-2-1-5-13-8(11)10-3-6-12-7-4-10/h1-7H2. The van der Waals surface area contributed by atoms with E-state index in [-0.39, 0.29) is 6.09 Å². The molecule has 1 amide bonds. The quantitative estimate of drug-likeness (QED) is 0.560. The Morgan fingerprint density at radius 1 is 1.46 bits per heavy atom. The topological polar surface area (TPSA) is 38.8 Å². The van der Waals surface area contributed by atoms with E-state index in [9.17, 15) is 4.79 Å². The van der Waals surface area contributed by atoms with Crippen LogP contribution in [-0.4, -0.2) is 49.2 Å². The smallest absolute Gasteiger partial charge is 0.409 e. The average molecular weight is 252 g/mol. The van der Waals surface area contributed by atoms with Gasteiger partial charge in [-0.1, -0.05) is 15.9 Å². The first kappa shape index (κ1) is 10.8. The summed E-state index contributed by atoms with van der Waals surface area (Å²) in [7, 11) is 0. The molecule has 0 unspecified atom stereocenters. The number of carbonyl (C=O) groups excluding carboxylic acids is 1. The summed E-state index contributed by atoms with van der Waals surface area (Å²) < 4.78 is 10.1. The van der Waals surface area contributed by atoms with Gasteiger partial charge in [-0.25, -0.2) is 4.79 Å². The van der Waals surface area contributed by atoms with Gasteiger partial charge in [0.2, 0.25) is 0 Å². The molecule has 0 aromatic rings. The first-order valence-corrected chi connectivity index (χ1v) is 5.52. The molecule has 1 aliphatic heterocycles. The monoisotopic (exact) mass is 251 g/mol. The normalized spacial score (nSPS) is 17.2. The van der Waals surface area contributed by atoms with Crippen LogP contribution in [0.5, 0.6) is 0 Å². The number of hydrogen-bond donors (Lipinski definition) is 0. The van der Waals surface area contributed by atoms with E-state index in [1.807, 2.05) is 0 Å². The molecule has 0 atom stereocenters. The molecule has 0 aromatic carbocycles. The SMILES string of the molecule is O=C(OCCCBr)N1CCOCC1. The fraction of sp³-hybridized carbons (Fsp3) is 0.875. The van der Waals surface area contributed by atoms with Crippen LogP contribution in [0.4, 0.5) is 4.79 Å². The van der Waals surface area contributed by atoms with Crippen LogP contribution in [0.15, 0.2) is 0 Å². The third-order valence-electron chi connectivity index (χ3n) is 1.77. The largest absolute Gasteiger partial charge is 0.449 e. The summed E-state index contributed by atoms with van der Waals surface area (Å²) in [5.41, 5.74) is 0. The van der Waals surface area contributed by atoms with E-state index in [1.54, 1.807) is 4.90 Å². The predicted octanol–water partition coefficient (Wildman–Crippen LogP) is 1.24. The third-order valence-corrected chi connectivity index (χ3v) is 2.33. The molecule has 0 aliphatic carbocycles. The van der Waals surface area contributed by atoms with E-state index in [4.69, 9.17) is 9.47 Å². The van der Waals surface area contributed by atoms with Gasteiger partial charge in [0.1, 0.15) is 0 Å². The zero-order valence-corrected chi connectivity index (χ0v) is 9.09. The van der Waals surface area contributed by atoms with Crippen LogP contribution in [0.25, 0.3) is 0 Å². The van der Waals surface area contributed by atoms with Gasteiger partial charge in [0.15, 0.2) is 0 Å². The summed E-state index contributed by atoms with van der Waals surface area (Å²) in [6, 6.07) is 0. The minimum absolute atomic E-state index is 0.218. The zero-order chi connectivity index (χ0) is 9.52. The summed E-state index contributed by atoms with van der Waals surface area (Å²) >= 11 is 3.27. The Balaban J connectivity index is 2.13. The van der Waals surface area contributed by atoms with E-state index in [2.05, 4.69) is 15.9 Å². The van der Waals surface area contributed by atoms with Crippen LogP contribution < -0.4 is 0 Å². The van der Waals surface area contributed by atoms with Gasteiger partial charge < -0.3 is 14.4 Å².